The highest BCUT2D eigenvalue weighted by Crippen LogP contribution is 2.56. The SMILES string of the molecule is c1ccc(-c2ccc(-c3nc4ccccc4nc3-c3cc4sc5cccc6c5c4c4c(cccc34)O6)cc2)cc1.c1ccc(-c2nc(-c3ccccc3)nc(-c3cc(-c4cc5oc6cccc7c6c5c5c(cccc45)O7)cc4ccccc34)n2)cc1.c1ccc(-c2nc(-c3ccccc3)nc(-c3cc(-c4ccc5c6c4oc4ccc7cccc(c7c46)O5)cc4ccccc34)n2)cc1. The Balaban J connectivity index is 0.000000102. The molecule has 0 atom stereocenters. The molecule has 29 rings (SSSR count). The number of thiophene rings is 1. The number of fused-ring (bicyclic) bond motifs is 3. The van der Waals surface area contributed by atoms with Crippen LogP contribution in [-0.2, 0) is 0 Å². The molecule has 0 saturated heterocycles. The predicted molar refractivity (Wildman–Crippen MR) is 534 cm³/mol. The third-order valence-electron chi connectivity index (χ3n) is 25.6. The highest BCUT2D eigenvalue weighted by Gasteiger charge is 2.31. The van der Waals surface area contributed by atoms with Crippen molar-refractivity contribution in [3.8, 4) is 159 Å². The average molecular weight is 1710 g/mol. The second-order valence-electron chi connectivity index (χ2n) is 33.4. The number of aromatic nitrogens is 8. The molecule has 13 nitrogen and oxygen atoms in total. The van der Waals surface area contributed by atoms with Gasteiger partial charge in [-0.3, -0.25) is 0 Å². The fourth-order valence-electron chi connectivity index (χ4n) is 19.6. The lowest BCUT2D eigenvalue weighted by molar-refractivity contribution is 0.492. The minimum absolute atomic E-state index is 0.614. The van der Waals surface area contributed by atoms with Crippen molar-refractivity contribution in [3.63, 3.8) is 0 Å². The first-order valence-corrected chi connectivity index (χ1v) is 44.7. The molecule has 614 valence electrons. The van der Waals surface area contributed by atoms with E-state index in [1.165, 1.54) is 31.3 Å². The second-order valence-corrected chi connectivity index (χ2v) is 34.4. The van der Waals surface area contributed by atoms with E-state index < -0.39 is 0 Å². The number of para-hydroxylation sites is 2. The van der Waals surface area contributed by atoms with Gasteiger partial charge in [0, 0.05) is 97.2 Å². The minimum atomic E-state index is 0.614. The molecule has 3 aliphatic rings. The zero-order chi connectivity index (χ0) is 86.6. The van der Waals surface area contributed by atoms with Gasteiger partial charge in [-0.25, -0.2) is 39.9 Å². The van der Waals surface area contributed by atoms with Gasteiger partial charge in [0.1, 0.15) is 56.8 Å². The van der Waals surface area contributed by atoms with Crippen LogP contribution in [-0.4, -0.2) is 39.9 Å². The fourth-order valence-corrected chi connectivity index (χ4v) is 20.8. The summed E-state index contributed by atoms with van der Waals surface area (Å²) in [6.07, 6.45) is 0. The van der Waals surface area contributed by atoms with Gasteiger partial charge in [0.15, 0.2) is 34.9 Å². The van der Waals surface area contributed by atoms with Crippen molar-refractivity contribution in [2.75, 3.05) is 0 Å². The van der Waals surface area contributed by atoms with Gasteiger partial charge in [-0.15, -0.1) is 11.3 Å². The summed E-state index contributed by atoms with van der Waals surface area (Å²) in [5, 5.41) is 17.7. The molecular formula is C118H66N8O5S. The van der Waals surface area contributed by atoms with Gasteiger partial charge >= 0.3 is 0 Å². The number of benzene rings is 20. The van der Waals surface area contributed by atoms with Crippen LogP contribution >= 0.6 is 11.3 Å². The quantitative estimate of drug-likeness (QED) is 0.121. The van der Waals surface area contributed by atoms with Crippen LogP contribution < -0.4 is 14.2 Å². The Bertz CT molecular complexity index is 9200. The zero-order valence-corrected chi connectivity index (χ0v) is 70.9. The van der Waals surface area contributed by atoms with Gasteiger partial charge in [-0.05, 0) is 175 Å². The third kappa shape index (κ3) is 12.2. The Morgan fingerprint density at radius 2 is 0.598 bits per heavy atom. The van der Waals surface area contributed by atoms with Crippen molar-refractivity contribution < 1.29 is 23.0 Å². The molecule has 0 fully saturated rings. The average Bonchev–Trinajstić information content (AvgIpc) is 1.53. The number of ether oxygens (including phenoxy) is 3. The van der Waals surface area contributed by atoms with Gasteiger partial charge in [0.2, 0.25) is 0 Å². The van der Waals surface area contributed by atoms with Crippen molar-refractivity contribution in [1.29, 1.82) is 0 Å². The third-order valence-corrected chi connectivity index (χ3v) is 26.7. The van der Waals surface area contributed by atoms with E-state index in [0.717, 1.165) is 221 Å². The molecule has 132 heavy (non-hydrogen) atoms. The first-order chi connectivity index (χ1) is 65.4. The van der Waals surface area contributed by atoms with Crippen LogP contribution in [0.5, 0.6) is 34.5 Å². The summed E-state index contributed by atoms with van der Waals surface area (Å²) in [4.78, 5) is 40.6. The number of hydrogen-bond acceptors (Lipinski definition) is 14. The van der Waals surface area contributed by atoms with Gasteiger partial charge in [-0.2, -0.15) is 0 Å². The van der Waals surface area contributed by atoms with Crippen LogP contribution in [0.2, 0.25) is 0 Å². The zero-order valence-electron chi connectivity index (χ0n) is 70.1. The first-order valence-electron chi connectivity index (χ1n) is 43.9. The fraction of sp³-hybridized carbons (Fsp3) is 0. The normalized spacial score (nSPS) is 12.1. The molecule has 0 saturated carbocycles. The molecule has 6 aromatic heterocycles. The van der Waals surface area contributed by atoms with Gasteiger partial charge in [-0.1, -0.05) is 291 Å². The number of hydrogen-bond donors (Lipinski definition) is 0. The molecule has 0 aliphatic carbocycles. The summed E-state index contributed by atoms with van der Waals surface area (Å²) in [5.74, 6) is 8.92. The molecular weight excluding hydrogens is 1640 g/mol. The minimum Gasteiger partial charge on any atom is -0.456 e. The molecule has 0 spiro atoms. The van der Waals surface area contributed by atoms with Crippen LogP contribution in [0, 0.1) is 0 Å². The molecule has 14 heteroatoms. The highest BCUT2D eigenvalue weighted by molar-refractivity contribution is 7.26. The van der Waals surface area contributed by atoms with Gasteiger partial charge in [0.05, 0.1) is 33.2 Å². The Morgan fingerprint density at radius 3 is 1.18 bits per heavy atom. The monoisotopic (exact) mass is 1710 g/mol. The first kappa shape index (κ1) is 74.5. The van der Waals surface area contributed by atoms with E-state index in [4.69, 9.17) is 62.9 Å². The lowest BCUT2D eigenvalue weighted by Gasteiger charge is -2.19. The Kier molecular flexibility index (Phi) is 16.9. The van der Waals surface area contributed by atoms with Crippen molar-refractivity contribution in [2.24, 2.45) is 0 Å². The topological polar surface area (TPSA) is 157 Å². The summed E-state index contributed by atoms with van der Waals surface area (Å²) < 4.78 is 34.9. The van der Waals surface area contributed by atoms with E-state index in [2.05, 4.69) is 212 Å². The number of furan rings is 2. The van der Waals surface area contributed by atoms with E-state index in [1.54, 1.807) is 0 Å². The predicted octanol–water partition coefficient (Wildman–Crippen LogP) is 32.0. The molecule has 0 unspecified atom stereocenters. The summed E-state index contributed by atoms with van der Waals surface area (Å²) in [5.41, 5.74) is 21.0. The highest BCUT2D eigenvalue weighted by atomic mass is 32.1. The van der Waals surface area contributed by atoms with Crippen LogP contribution in [0.4, 0.5) is 0 Å². The molecule has 20 aromatic carbocycles. The van der Waals surface area contributed by atoms with E-state index >= 15 is 0 Å². The number of nitrogens with zero attached hydrogens (tertiary/aromatic N) is 8. The maximum atomic E-state index is 6.65. The molecule has 26 aromatic rings. The molecule has 3 aliphatic heterocycles. The summed E-state index contributed by atoms with van der Waals surface area (Å²) >= 11 is 1.81. The molecule has 0 radical (unpaired) electrons. The van der Waals surface area contributed by atoms with Crippen LogP contribution in [0.15, 0.2) is 409 Å². The van der Waals surface area contributed by atoms with Crippen molar-refractivity contribution in [3.05, 3.63) is 400 Å². The summed E-state index contributed by atoms with van der Waals surface area (Å²) in [6, 6.07) is 137. The van der Waals surface area contributed by atoms with E-state index in [1.807, 2.05) is 199 Å². The summed E-state index contributed by atoms with van der Waals surface area (Å²) in [6.45, 7) is 0. The molecule has 0 bridgehead atoms. The standard InChI is InChI=1S/2C41H23N3O2.C36H20N2OS/c1-3-11-24(12-4-1)39-42-40(25-13-5-2-6-14-25)44-41(43-39)31-22-27(21-26-15-7-8-16-28(26)31)30-23-35-38-36-29(30)17-9-18-32(36)45-33-19-10-20-34(46-35)37(33)38;1-3-10-25(11-4-1)39-42-40(26-12-5-2-6-13-26)44-41(43-39)31-23-28(22-27-14-7-8-16-29(27)31)30-19-21-34-37-36-33(46-38(30)37)20-18-24-15-9-17-32(45-34)35(24)36;1-2-8-21(9-3-1)22-16-18-23(19-17-22)35-36(38-27-12-5-4-11-26(27)37-35)25-20-31-34-32-24(25)10-6-13-28(32)39-29-14-7-15-30(40-31)33(29)34/h2*1-23H;1-20H. The Hall–Kier alpha value is -17.7. The maximum Gasteiger partial charge on any atom is 0.164 e. The largest absolute Gasteiger partial charge is 0.456 e. The van der Waals surface area contributed by atoms with E-state index in [0.29, 0.717) is 34.9 Å². The van der Waals surface area contributed by atoms with Crippen LogP contribution in [0.3, 0.4) is 0 Å². The smallest absolute Gasteiger partial charge is 0.164 e. The van der Waals surface area contributed by atoms with Crippen molar-refractivity contribution >= 4 is 140 Å². The van der Waals surface area contributed by atoms with E-state index in [-0.39, 0.29) is 0 Å². The molecule has 9 heterocycles. The Labute approximate surface area is 757 Å². The lowest BCUT2D eigenvalue weighted by atomic mass is 9.90. The van der Waals surface area contributed by atoms with Gasteiger partial charge in [0.25, 0.3) is 0 Å². The maximum absolute atomic E-state index is 6.65. The second kappa shape index (κ2) is 30.0. The van der Waals surface area contributed by atoms with Gasteiger partial charge < -0.3 is 23.0 Å². The number of rotatable bonds is 11. The lowest BCUT2D eigenvalue weighted by Crippen LogP contribution is -2.01. The van der Waals surface area contributed by atoms with Crippen LogP contribution in [0.25, 0.3) is 253 Å². The molecule has 0 N–H and O–H groups in total. The Morgan fingerprint density at radius 1 is 0.182 bits per heavy atom. The van der Waals surface area contributed by atoms with Crippen molar-refractivity contribution in [1.82, 2.24) is 39.9 Å². The van der Waals surface area contributed by atoms with Crippen molar-refractivity contribution in [2.45, 2.75) is 0 Å². The van der Waals surface area contributed by atoms with E-state index in [9.17, 15) is 0 Å². The molecule has 0 amide bonds. The summed E-state index contributed by atoms with van der Waals surface area (Å²) in [7, 11) is 0. The van der Waals surface area contributed by atoms with Crippen LogP contribution in [0.1, 0.15) is 0 Å².